The minimum atomic E-state index is -2.28. The van der Waals surface area contributed by atoms with Gasteiger partial charge in [0, 0.05) is 0 Å². The van der Waals surface area contributed by atoms with Gasteiger partial charge in [0.1, 0.15) is 62.5 Å². The smallest absolute Gasteiger partial charge is 0.224 e. The second-order valence-electron chi connectivity index (χ2n) is 10.5. The van der Waals surface area contributed by atoms with Gasteiger partial charge in [-0.1, -0.05) is 0 Å². The maximum atomic E-state index is 10.3. The summed E-state index contributed by atoms with van der Waals surface area (Å²) in [5, 5.41) is 78.9. The van der Waals surface area contributed by atoms with Crippen LogP contribution >= 0.6 is 0 Å². The fourth-order valence-corrected chi connectivity index (χ4v) is 4.37. The Morgan fingerprint density at radius 1 is 0.479 bits per heavy atom. The minimum absolute atomic E-state index is 0.00347. The minimum Gasteiger partial charge on any atom is -0.394 e. The third-order valence-electron chi connectivity index (χ3n) is 6.98. The first kappa shape index (κ1) is 43.4. The Bertz CT molecular complexity index is 771. The van der Waals surface area contributed by atoms with Gasteiger partial charge >= 0.3 is 0 Å². The first-order valence-corrected chi connectivity index (χ1v) is 15.8. The molecule has 0 spiro atoms. The lowest BCUT2D eigenvalue weighted by molar-refractivity contribution is -0.395. The van der Waals surface area contributed by atoms with E-state index in [0.29, 0.717) is 79.3 Å². The van der Waals surface area contributed by atoms with Gasteiger partial charge in [-0.25, -0.2) is 9.78 Å². The van der Waals surface area contributed by atoms with E-state index in [1.165, 1.54) is 0 Å². The Labute approximate surface area is 278 Å². The molecule has 0 bridgehead atoms. The lowest BCUT2D eigenvalue weighted by Crippen LogP contribution is -2.62. The summed E-state index contributed by atoms with van der Waals surface area (Å²) in [6.45, 7) is 3.27. The molecule has 0 aliphatic carbocycles. The second kappa shape index (κ2) is 26.0. The molecular formula is C28H54O20. The van der Waals surface area contributed by atoms with Gasteiger partial charge in [0.15, 0.2) is 6.29 Å². The molecule has 2 aliphatic rings. The Hall–Kier alpha value is -0.800. The van der Waals surface area contributed by atoms with Gasteiger partial charge in [-0.3, -0.25) is 0 Å². The maximum Gasteiger partial charge on any atom is 0.224 e. The van der Waals surface area contributed by atoms with Crippen molar-refractivity contribution in [3.63, 3.8) is 0 Å². The van der Waals surface area contributed by atoms with Crippen molar-refractivity contribution in [1.29, 1.82) is 0 Å². The highest BCUT2D eigenvalue weighted by Gasteiger charge is 2.58. The first-order chi connectivity index (χ1) is 23.3. The zero-order chi connectivity index (χ0) is 35.0. The first-order valence-electron chi connectivity index (χ1n) is 15.8. The molecule has 20 heteroatoms. The van der Waals surface area contributed by atoms with Crippen LogP contribution in [0.25, 0.3) is 0 Å². The van der Waals surface area contributed by atoms with E-state index in [9.17, 15) is 35.7 Å². The van der Waals surface area contributed by atoms with Gasteiger partial charge in [-0.2, -0.15) is 0 Å². The number of aliphatic hydroxyl groups is 8. The molecule has 8 N–H and O–H groups in total. The van der Waals surface area contributed by atoms with Crippen molar-refractivity contribution in [1.82, 2.24) is 0 Å². The largest absolute Gasteiger partial charge is 0.394 e. The number of rotatable bonds is 30. The number of ether oxygens (including phenoxy) is 10. The van der Waals surface area contributed by atoms with Crippen molar-refractivity contribution in [2.75, 3.05) is 126 Å². The van der Waals surface area contributed by atoms with Crippen molar-refractivity contribution in [2.45, 2.75) is 54.8 Å². The summed E-state index contributed by atoms with van der Waals surface area (Å²) in [6.07, 6.45) is -13.0. The summed E-state index contributed by atoms with van der Waals surface area (Å²) in [6, 6.07) is 0. The molecule has 2 rings (SSSR count). The van der Waals surface area contributed by atoms with Crippen molar-refractivity contribution in [2.24, 2.45) is 0 Å². The summed E-state index contributed by atoms with van der Waals surface area (Å²) >= 11 is 0. The van der Waals surface area contributed by atoms with E-state index in [1.807, 2.05) is 0 Å². The molecule has 0 amide bonds. The van der Waals surface area contributed by atoms with Crippen molar-refractivity contribution in [3.05, 3.63) is 0 Å². The van der Waals surface area contributed by atoms with E-state index >= 15 is 0 Å². The van der Waals surface area contributed by atoms with Crippen molar-refractivity contribution < 1.29 is 98.0 Å². The number of hydrogen-bond acceptors (Lipinski definition) is 20. The van der Waals surface area contributed by atoms with Gasteiger partial charge in [-0.05, 0) is 0 Å². The molecule has 20 nitrogen and oxygen atoms in total. The zero-order valence-corrected chi connectivity index (χ0v) is 27.0. The van der Waals surface area contributed by atoms with Gasteiger partial charge in [0.05, 0.1) is 106 Å². The highest BCUT2D eigenvalue weighted by atomic mass is 17.2. The average molecular weight is 711 g/mol. The van der Waals surface area contributed by atoms with Crippen molar-refractivity contribution in [3.8, 4) is 0 Å². The van der Waals surface area contributed by atoms with Crippen LogP contribution in [0.2, 0.25) is 0 Å². The van der Waals surface area contributed by atoms with E-state index in [1.54, 1.807) is 0 Å². The van der Waals surface area contributed by atoms with Gasteiger partial charge in [0.2, 0.25) is 5.79 Å². The summed E-state index contributed by atoms with van der Waals surface area (Å²) in [4.78, 5) is 10.0. The van der Waals surface area contributed by atoms with E-state index < -0.39 is 74.6 Å². The molecular weight excluding hydrogens is 656 g/mol. The third-order valence-corrected chi connectivity index (χ3v) is 6.98. The molecule has 0 aromatic carbocycles. The molecule has 0 radical (unpaired) electrons. The van der Waals surface area contributed by atoms with Crippen LogP contribution < -0.4 is 0 Å². The quantitative estimate of drug-likeness (QED) is 0.0196. The Kier molecular flexibility index (Phi) is 23.5. The normalized spacial score (nSPS) is 30.8. The molecule has 0 saturated carbocycles. The standard InChI is InChI=1S/C28H54O20/c29-1-2-37-3-4-38-5-6-39-7-8-40-9-10-41-11-12-42-13-14-43-15-16-44-45-18-21-22(32)24(34)25(35)27(46-21)48-28(19-31)26(36)23(33)20(17-30)47-28/h20-27,29-36H,1-19H2/t20-,21-,22-,23-,24+,25-,26+,27-,28+/m1/s1. The van der Waals surface area contributed by atoms with E-state index in [-0.39, 0.29) is 26.4 Å². The van der Waals surface area contributed by atoms with Gasteiger partial charge in [-0.15, -0.1) is 0 Å². The Balaban J connectivity index is 1.42. The Morgan fingerprint density at radius 2 is 0.938 bits per heavy atom. The van der Waals surface area contributed by atoms with Crippen LogP contribution in [0.3, 0.4) is 0 Å². The average Bonchev–Trinajstić information content (AvgIpc) is 3.33. The van der Waals surface area contributed by atoms with E-state index in [4.69, 9.17) is 62.3 Å². The molecule has 0 aromatic rings. The fraction of sp³-hybridized carbons (Fsp3) is 1.00. The second-order valence-corrected chi connectivity index (χ2v) is 10.5. The van der Waals surface area contributed by atoms with E-state index in [0.717, 1.165) is 0 Å². The maximum absolute atomic E-state index is 10.3. The molecule has 2 heterocycles. The SMILES string of the molecule is OCCOCCOCCOCCOCCOCCOCCOCCOOC[C@H]1O[C@H](O[C@]2(CO)O[C@H](CO)[C@@H](O)[C@@H]2O)[C@H](O)[C@@H](O)[C@@H]1O. The highest BCUT2D eigenvalue weighted by Crippen LogP contribution is 2.36. The summed E-state index contributed by atoms with van der Waals surface area (Å²) in [7, 11) is 0. The van der Waals surface area contributed by atoms with Crippen LogP contribution in [0.5, 0.6) is 0 Å². The number of aliphatic hydroxyl groups excluding tert-OH is 8. The molecule has 48 heavy (non-hydrogen) atoms. The third kappa shape index (κ3) is 15.6. The van der Waals surface area contributed by atoms with Crippen LogP contribution in [-0.2, 0) is 57.1 Å². The predicted molar refractivity (Wildman–Crippen MR) is 156 cm³/mol. The number of hydrogen-bond donors (Lipinski definition) is 8. The monoisotopic (exact) mass is 710 g/mol. The highest BCUT2D eigenvalue weighted by molar-refractivity contribution is 4.98. The van der Waals surface area contributed by atoms with Gasteiger partial charge in [0.25, 0.3) is 0 Å². The lowest BCUT2D eigenvalue weighted by Gasteiger charge is -2.43. The summed E-state index contributed by atoms with van der Waals surface area (Å²) in [5.74, 6) is -2.28. The Morgan fingerprint density at radius 3 is 1.35 bits per heavy atom. The topological polar surface area (TPSA) is 273 Å². The predicted octanol–water partition coefficient (Wildman–Crippen LogP) is -5.33. The lowest BCUT2D eigenvalue weighted by atomic mass is 9.99. The molecule has 9 atom stereocenters. The van der Waals surface area contributed by atoms with Crippen LogP contribution in [0.1, 0.15) is 0 Å². The fourth-order valence-electron chi connectivity index (χ4n) is 4.37. The van der Waals surface area contributed by atoms with Crippen LogP contribution in [-0.4, -0.2) is 221 Å². The van der Waals surface area contributed by atoms with Crippen LogP contribution in [0, 0.1) is 0 Å². The summed E-state index contributed by atoms with van der Waals surface area (Å²) in [5.41, 5.74) is 0. The molecule has 0 unspecified atom stereocenters. The van der Waals surface area contributed by atoms with E-state index in [2.05, 4.69) is 0 Å². The molecule has 0 aromatic heterocycles. The molecule has 2 saturated heterocycles. The molecule has 2 aliphatic heterocycles. The molecule has 286 valence electrons. The van der Waals surface area contributed by atoms with Crippen LogP contribution in [0.4, 0.5) is 0 Å². The molecule has 2 fully saturated rings. The van der Waals surface area contributed by atoms with Gasteiger partial charge < -0.3 is 88.2 Å². The van der Waals surface area contributed by atoms with Crippen molar-refractivity contribution >= 4 is 0 Å². The summed E-state index contributed by atoms with van der Waals surface area (Å²) < 4.78 is 53.5. The van der Waals surface area contributed by atoms with Crippen LogP contribution in [0.15, 0.2) is 0 Å². The zero-order valence-electron chi connectivity index (χ0n) is 27.0.